The van der Waals surface area contributed by atoms with Crippen molar-refractivity contribution in [3.63, 3.8) is 0 Å². The molecule has 4 aromatic rings. The maximum absolute atomic E-state index is 4.81. The van der Waals surface area contributed by atoms with Gasteiger partial charge in [0.1, 0.15) is 11.0 Å². The molecule has 1 N–H and O–H groups in total. The van der Waals surface area contributed by atoms with E-state index in [4.69, 9.17) is 10.1 Å². The lowest BCUT2D eigenvalue weighted by Crippen LogP contribution is -2.02. The minimum Gasteiger partial charge on any atom is -0.324 e. The maximum Gasteiger partial charge on any atom is 0.227 e. The molecule has 0 amide bonds. The van der Waals surface area contributed by atoms with Crippen molar-refractivity contribution >= 4 is 45.5 Å². The molecule has 1 saturated heterocycles. The average Bonchev–Trinajstić information content (AvgIpc) is 3.37. The monoisotopic (exact) mass is 421 g/mol. The Morgan fingerprint density at radius 1 is 1.13 bits per heavy atom. The first kappa shape index (κ1) is 20.5. The molecule has 4 heterocycles. The number of nitrogens with zero attached hydrogens (tertiary/aromatic N) is 6. The van der Waals surface area contributed by atoms with Crippen molar-refractivity contribution < 1.29 is 0 Å². The molecule has 0 saturated carbocycles. The molecule has 0 bridgehead atoms. The van der Waals surface area contributed by atoms with Crippen LogP contribution in [0.5, 0.6) is 0 Å². The topological polar surface area (TPSA) is 81.4 Å². The number of thioether (sulfide) groups is 1. The predicted octanol–water partition coefficient (Wildman–Crippen LogP) is 5.00. The number of hydrogen-bond acceptors (Lipinski definition) is 7. The van der Waals surface area contributed by atoms with E-state index < -0.39 is 0 Å². The summed E-state index contributed by atoms with van der Waals surface area (Å²) in [5.74, 6) is 3.35. The number of aromatic nitrogens is 6. The second-order valence-electron chi connectivity index (χ2n) is 7.54. The SMILES string of the molecule is CCC.Cc1cc2nccnc2cc1Nc1ncc2c(n1)c(C1CCSC1)nn2C. The minimum absolute atomic E-state index is 0.471. The van der Waals surface area contributed by atoms with Gasteiger partial charge in [-0.25, -0.2) is 9.97 Å². The fourth-order valence-electron chi connectivity index (χ4n) is 3.52. The van der Waals surface area contributed by atoms with E-state index >= 15 is 0 Å². The van der Waals surface area contributed by atoms with E-state index in [-0.39, 0.29) is 0 Å². The van der Waals surface area contributed by atoms with Gasteiger partial charge >= 0.3 is 0 Å². The molecule has 7 nitrogen and oxygen atoms in total. The Labute approximate surface area is 180 Å². The molecule has 1 fully saturated rings. The van der Waals surface area contributed by atoms with E-state index in [1.807, 2.05) is 48.7 Å². The molecule has 30 heavy (non-hydrogen) atoms. The standard InChI is InChI=1S/C19H19N7S.C3H8/c1-11-7-14-15(21-5-4-20-14)8-13(11)23-19-22-9-16-18(24-19)17(25-26(16)2)12-3-6-27-10-12;1-3-2/h4-5,7-9,12H,3,6,10H2,1-2H3,(H,22,23,24);3H2,1-2H3. The molecule has 3 aromatic heterocycles. The highest BCUT2D eigenvalue weighted by Gasteiger charge is 2.24. The third-order valence-corrected chi connectivity index (χ3v) is 6.16. The van der Waals surface area contributed by atoms with Gasteiger partial charge in [-0.2, -0.15) is 16.9 Å². The number of nitrogens with one attached hydrogen (secondary N) is 1. The van der Waals surface area contributed by atoms with Crippen LogP contribution in [0.2, 0.25) is 0 Å². The molecule has 1 aromatic carbocycles. The largest absolute Gasteiger partial charge is 0.324 e. The Hall–Kier alpha value is -2.74. The number of fused-ring (bicyclic) bond motifs is 2. The second-order valence-corrected chi connectivity index (χ2v) is 8.69. The molecule has 1 atom stereocenters. The van der Waals surface area contributed by atoms with Crippen molar-refractivity contribution in [3.8, 4) is 0 Å². The first-order chi connectivity index (χ1) is 14.6. The van der Waals surface area contributed by atoms with Gasteiger partial charge in [-0.1, -0.05) is 20.3 Å². The van der Waals surface area contributed by atoms with Gasteiger partial charge in [0.15, 0.2) is 0 Å². The van der Waals surface area contributed by atoms with Gasteiger partial charge in [0.05, 0.1) is 22.9 Å². The minimum atomic E-state index is 0.471. The summed E-state index contributed by atoms with van der Waals surface area (Å²) in [5.41, 5.74) is 6.73. The van der Waals surface area contributed by atoms with Crippen LogP contribution in [0, 0.1) is 6.92 Å². The van der Waals surface area contributed by atoms with Crippen molar-refractivity contribution in [1.82, 2.24) is 29.7 Å². The zero-order valence-corrected chi connectivity index (χ0v) is 18.7. The predicted molar refractivity (Wildman–Crippen MR) is 125 cm³/mol. The van der Waals surface area contributed by atoms with E-state index in [1.54, 1.807) is 12.4 Å². The van der Waals surface area contributed by atoms with Gasteiger partial charge in [-0.15, -0.1) is 0 Å². The van der Waals surface area contributed by atoms with Crippen molar-refractivity contribution in [2.45, 2.75) is 39.5 Å². The summed E-state index contributed by atoms with van der Waals surface area (Å²) in [5, 5.41) is 8.08. The lowest BCUT2D eigenvalue weighted by molar-refractivity contribution is 0.699. The number of aryl methyl sites for hydroxylation is 2. The van der Waals surface area contributed by atoms with E-state index in [2.05, 4.69) is 34.1 Å². The van der Waals surface area contributed by atoms with Gasteiger partial charge in [-0.3, -0.25) is 14.6 Å². The highest BCUT2D eigenvalue weighted by Crippen LogP contribution is 2.35. The lowest BCUT2D eigenvalue weighted by atomic mass is 10.0. The Morgan fingerprint density at radius 3 is 2.57 bits per heavy atom. The zero-order valence-electron chi connectivity index (χ0n) is 17.9. The molecule has 1 unspecified atom stereocenters. The highest BCUT2D eigenvalue weighted by molar-refractivity contribution is 7.99. The summed E-state index contributed by atoms with van der Waals surface area (Å²) >= 11 is 1.98. The molecular weight excluding hydrogens is 394 g/mol. The van der Waals surface area contributed by atoms with Crippen molar-refractivity contribution in [2.75, 3.05) is 16.8 Å². The van der Waals surface area contributed by atoms with Crippen LogP contribution in [0.4, 0.5) is 11.6 Å². The Morgan fingerprint density at radius 2 is 1.87 bits per heavy atom. The molecule has 1 aliphatic heterocycles. The highest BCUT2D eigenvalue weighted by atomic mass is 32.2. The summed E-state index contributed by atoms with van der Waals surface area (Å²) in [6.07, 6.45) is 7.66. The van der Waals surface area contributed by atoms with Crippen LogP contribution in [-0.4, -0.2) is 41.2 Å². The first-order valence-corrected chi connectivity index (χ1v) is 11.5. The van der Waals surface area contributed by atoms with Crippen LogP contribution in [0.3, 0.4) is 0 Å². The molecule has 0 aliphatic carbocycles. The van der Waals surface area contributed by atoms with Crippen LogP contribution in [0.25, 0.3) is 22.1 Å². The number of hydrogen-bond donors (Lipinski definition) is 1. The number of benzene rings is 1. The Kier molecular flexibility index (Phi) is 6.13. The fraction of sp³-hybridized carbons (Fsp3) is 0.409. The van der Waals surface area contributed by atoms with Crippen molar-refractivity contribution in [3.05, 3.63) is 42.0 Å². The molecule has 0 radical (unpaired) electrons. The van der Waals surface area contributed by atoms with Crippen molar-refractivity contribution in [2.24, 2.45) is 7.05 Å². The quantitative estimate of drug-likeness (QED) is 0.499. The van der Waals surface area contributed by atoms with E-state index in [0.29, 0.717) is 11.9 Å². The third-order valence-electron chi connectivity index (χ3n) is 5.00. The van der Waals surface area contributed by atoms with E-state index in [9.17, 15) is 0 Å². The summed E-state index contributed by atoms with van der Waals surface area (Å²) in [4.78, 5) is 18.0. The smallest absolute Gasteiger partial charge is 0.227 e. The van der Waals surface area contributed by atoms with Gasteiger partial charge < -0.3 is 5.32 Å². The molecule has 0 spiro atoms. The van der Waals surface area contributed by atoms with Crippen LogP contribution in [0.15, 0.2) is 30.7 Å². The Bertz CT molecular complexity index is 1170. The summed E-state index contributed by atoms with van der Waals surface area (Å²) in [7, 11) is 1.95. The molecule has 5 rings (SSSR count). The molecular formula is C22H27N7S. The fourth-order valence-corrected chi connectivity index (χ4v) is 4.75. The summed E-state index contributed by atoms with van der Waals surface area (Å²) in [6.45, 7) is 6.29. The molecule has 8 heteroatoms. The van der Waals surface area contributed by atoms with E-state index in [0.717, 1.165) is 51.2 Å². The van der Waals surface area contributed by atoms with Crippen molar-refractivity contribution in [1.29, 1.82) is 0 Å². The normalized spacial score (nSPS) is 15.9. The van der Waals surface area contributed by atoms with E-state index in [1.165, 1.54) is 12.2 Å². The van der Waals surface area contributed by atoms with Gasteiger partial charge in [0.2, 0.25) is 5.95 Å². The van der Waals surface area contributed by atoms with Gasteiger partial charge in [0, 0.05) is 36.8 Å². The molecule has 156 valence electrons. The molecule has 1 aliphatic rings. The zero-order chi connectivity index (χ0) is 21.1. The third kappa shape index (κ3) is 4.09. The summed E-state index contributed by atoms with van der Waals surface area (Å²) < 4.78 is 1.88. The summed E-state index contributed by atoms with van der Waals surface area (Å²) in [6, 6.07) is 4.01. The van der Waals surface area contributed by atoms with Gasteiger partial charge in [-0.05, 0) is 36.8 Å². The number of anilines is 2. The second kappa shape index (κ2) is 8.95. The van der Waals surface area contributed by atoms with Crippen LogP contribution in [0.1, 0.15) is 43.9 Å². The Balaban J connectivity index is 0.000000687. The van der Waals surface area contributed by atoms with Crippen LogP contribution >= 0.6 is 11.8 Å². The average molecular weight is 422 g/mol. The maximum atomic E-state index is 4.81. The van der Waals surface area contributed by atoms with Gasteiger partial charge in [0.25, 0.3) is 0 Å². The van der Waals surface area contributed by atoms with Crippen LogP contribution < -0.4 is 5.32 Å². The number of rotatable bonds is 3. The lowest BCUT2D eigenvalue weighted by Gasteiger charge is -2.10. The first-order valence-electron chi connectivity index (χ1n) is 10.4. The van der Waals surface area contributed by atoms with Crippen LogP contribution in [-0.2, 0) is 7.05 Å².